The number of nitrogens with zero attached hydrogens (tertiary/aromatic N) is 2. The highest BCUT2D eigenvalue weighted by Crippen LogP contribution is 2.41. The van der Waals surface area contributed by atoms with Crippen molar-refractivity contribution in [1.29, 1.82) is 0 Å². The van der Waals surface area contributed by atoms with Gasteiger partial charge in [-0.15, -0.1) is 0 Å². The summed E-state index contributed by atoms with van der Waals surface area (Å²) >= 11 is 0. The van der Waals surface area contributed by atoms with Crippen molar-refractivity contribution in [2.45, 2.75) is 76.8 Å². The average Bonchev–Trinajstić information content (AvgIpc) is 3.33. The topological polar surface area (TPSA) is 165 Å². The molecule has 0 radical (unpaired) electrons. The molecule has 356 valence electrons. The number of pyridine rings is 1. The Balaban J connectivity index is 0.851. The minimum absolute atomic E-state index is 0.0169. The van der Waals surface area contributed by atoms with Crippen molar-refractivity contribution in [3.05, 3.63) is 154 Å². The zero-order valence-electron chi connectivity index (χ0n) is 39.9. The number of para-hydroxylation sites is 1. The molecule has 5 N–H and O–H groups in total. The summed E-state index contributed by atoms with van der Waals surface area (Å²) in [5.41, 5.74) is 6.46. The predicted octanol–water partition coefficient (Wildman–Crippen LogP) is 10.1. The number of rotatable bonds is 17. The number of ether oxygens (including phenoxy) is 1. The molecule has 1 aromatic heterocycles. The van der Waals surface area contributed by atoms with Gasteiger partial charge in [-0.2, -0.15) is 0 Å². The summed E-state index contributed by atoms with van der Waals surface area (Å²) in [4.78, 5) is 58.3. The number of nitrogens with one attached hydrogen (secondary N) is 4. The Labute approximate surface area is 400 Å². The molecule has 1 saturated heterocycles. The number of phenols is 1. The van der Waals surface area contributed by atoms with Crippen LogP contribution in [0.1, 0.15) is 67.6 Å². The van der Waals surface area contributed by atoms with Gasteiger partial charge in [0, 0.05) is 73.6 Å². The van der Waals surface area contributed by atoms with Crippen molar-refractivity contribution in [2.75, 3.05) is 55.3 Å². The summed E-state index contributed by atoms with van der Waals surface area (Å²) in [7, 11) is -0.492. The van der Waals surface area contributed by atoms with Crippen LogP contribution in [0, 0.1) is 0 Å². The second-order valence-electron chi connectivity index (χ2n) is 19.0. The second kappa shape index (κ2) is 22.0. The number of aromatic hydroxyl groups is 1. The number of benzene rings is 5. The number of piperidine rings is 1. The fraction of sp³-hybridized carbons (Fsp3) is 0.333. The van der Waals surface area contributed by atoms with Gasteiger partial charge in [0.25, 0.3) is 5.91 Å². The quantitative estimate of drug-likeness (QED) is 0.0442. The van der Waals surface area contributed by atoms with Crippen LogP contribution in [0.2, 0.25) is 18.1 Å². The first kappa shape index (κ1) is 49.3. The number of hydrogen-bond acceptors (Lipinski definition) is 9. The van der Waals surface area contributed by atoms with Gasteiger partial charge in [0.15, 0.2) is 8.32 Å². The van der Waals surface area contributed by atoms with Gasteiger partial charge >= 0.3 is 6.09 Å². The van der Waals surface area contributed by atoms with Crippen LogP contribution in [0.5, 0.6) is 5.75 Å². The molecule has 1 atom stereocenters. The molecule has 68 heavy (non-hydrogen) atoms. The van der Waals surface area contributed by atoms with Crippen LogP contribution in [-0.2, 0) is 20.4 Å². The Morgan fingerprint density at radius 3 is 2.32 bits per heavy atom. The van der Waals surface area contributed by atoms with Gasteiger partial charge in [0.2, 0.25) is 11.5 Å². The van der Waals surface area contributed by atoms with Gasteiger partial charge in [-0.25, -0.2) is 4.79 Å². The first-order valence-electron chi connectivity index (χ1n) is 23.4. The van der Waals surface area contributed by atoms with Gasteiger partial charge in [-0.3, -0.25) is 19.7 Å². The molecule has 3 amide bonds. The van der Waals surface area contributed by atoms with E-state index in [2.05, 4.69) is 59.7 Å². The smallest absolute Gasteiger partial charge is 0.411 e. The van der Waals surface area contributed by atoms with E-state index in [-0.39, 0.29) is 40.4 Å². The fourth-order valence-corrected chi connectivity index (χ4v) is 9.41. The summed E-state index contributed by atoms with van der Waals surface area (Å²) in [5.74, 6) is -0.323. The van der Waals surface area contributed by atoms with E-state index in [1.54, 1.807) is 42.3 Å². The number of carbonyl (C=O) groups is 3. The lowest BCUT2D eigenvalue weighted by molar-refractivity contribution is -0.118. The van der Waals surface area contributed by atoms with Crippen LogP contribution in [0.3, 0.4) is 0 Å². The number of fused-ring (bicyclic) bond motifs is 1. The Morgan fingerprint density at radius 2 is 1.59 bits per heavy atom. The van der Waals surface area contributed by atoms with E-state index in [0.717, 1.165) is 34.1 Å². The van der Waals surface area contributed by atoms with Gasteiger partial charge in [0.1, 0.15) is 11.9 Å². The number of phenolic OH excluding ortho intramolecular Hbond substituents is 1. The highest BCUT2D eigenvalue weighted by molar-refractivity contribution is 6.74. The van der Waals surface area contributed by atoms with Crippen molar-refractivity contribution < 1.29 is 28.7 Å². The molecule has 1 aliphatic rings. The summed E-state index contributed by atoms with van der Waals surface area (Å²) in [6, 6.07) is 39.1. The normalized spacial score (nSPS) is 14.0. The molecule has 0 saturated carbocycles. The first-order chi connectivity index (χ1) is 32.5. The largest absolute Gasteiger partial charge is 0.506 e. The van der Waals surface area contributed by atoms with E-state index in [9.17, 15) is 24.3 Å². The number of aromatic nitrogens is 1. The molecule has 1 fully saturated rings. The third-order valence-corrected chi connectivity index (χ3v) is 17.7. The van der Waals surface area contributed by atoms with E-state index in [0.29, 0.717) is 80.1 Å². The van der Waals surface area contributed by atoms with Gasteiger partial charge in [-0.1, -0.05) is 93.6 Å². The number of aromatic amines is 1. The summed E-state index contributed by atoms with van der Waals surface area (Å²) < 4.78 is 12.7. The number of carbonyl (C=O) groups excluding carboxylic acids is 3. The third-order valence-electron chi connectivity index (χ3n) is 13.2. The minimum Gasteiger partial charge on any atom is -0.506 e. The van der Waals surface area contributed by atoms with Crippen LogP contribution >= 0.6 is 0 Å². The van der Waals surface area contributed by atoms with Crippen LogP contribution in [0.25, 0.3) is 22.0 Å². The summed E-state index contributed by atoms with van der Waals surface area (Å²) in [6.45, 7) is 14.2. The Bertz CT molecular complexity index is 2750. The Morgan fingerprint density at radius 1 is 0.868 bits per heavy atom. The van der Waals surface area contributed by atoms with Crippen LogP contribution in [-0.4, -0.2) is 87.1 Å². The lowest BCUT2D eigenvalue weighted by atomic mass is 10.0. The molecule has 0 spiro atoms. The monoisotopic (exact) mass is 936 g/mol. The van der Waals surface area contributed by atoms with E-state index in [4.69, 9.17) is 9.16 Å². The molecule has 0 aliphatic carbocycles. The number of H-pyrrole nitrogens is 1. The SMILES string of the molecule is CN(C(=O)CCN1CCC(OC(=O)Nc2ccccc2-c2ccccc2)CC1)c1cccc(C(=O)Nc2ccc(CCNC[C@H](O[Si](C)(C)C(C)(C)C)c3ccc(O)c4[nH]c(=O)ccc34)cc2)c1. The van der Waals surface area contributed by atoms with Crippen molar-refractivity contribution >= 4 is 54.2 Å². The summed E-state index contributed by atoms with van der Waals surface area (Å²) in [6.07, 6.45) is 1.40. The maximum Gasteiger partial charge on any atom is 0.411 e. The van der Waals surface area contributed by atoms with Crippen molar-refractivity contribution in [3.8, 4) is 16.9 Å². The number of likely N-dealkylation sites (tertiary alicyclic amines) is 1. The molecular formula is C54H64N6O7Si. The van der Waals surface area contributed by atoms with Gasteiger partial charge in [0.05, 0.1) is 17.3 Å². The zero-order valence-corrected chi connectivity index (χ0v) is 40.9. The van der Waals surface area contributed by atoms with E-state index < -0.39 is 14.4 Å². The average molecular weight is 937 g/mol. The number of amides is 3. The minimum atomic E-state index is -2.22. The second-order valence-corrected chi connectivity index (χ2v) is 23.7. The molecule has 7 rings (SSSR count). The predicted molar refractivity (Wildman–Crippen MR) is 274 cm³/mol. The Hall–Kier alpha value is -6.58. The first-order valence-corrected chi connectivity index (χ1v) is 26.3. The lowest BCUT2D eigenvalue weighted by Crippen LogP contribution is -2.43. The fourth-order valence-electron chi connectivity index (χ4n) is 8.14. The molecule has 14 heteroatoms. The van der Waals surface area contributed by atoms with Crippen LogP contribution < -0.4 is 26.4 Å². The van der Waals surface area contributed by atoms with Crippen molar-refractivity contribution in [2.24, 2.45) is 0 Å². The number of anilines is 3. The standard InChI is InChI=1S/C54H64N6O7Si/c1-54(2,3)68(5,6)67-48(44-23-25-47(61)51-45(44)24-26-49(62)58-51)36-55-31-27-37-19-21-40(22-20-37)56-52(64)39-15-12-16-41(35-39)59(4)50(63)30-34-60-32-28-42(29-33-60)66-53(65)57-46-18-11-10-17-43(46)38-13-8-7-9-14-38/h7-26,35,42,48,55,61H,27-34,36H2,1-6H3,(H,56,64)(H,57,65)(H,58,62)/t48-/m0/s1. The van der Waals surface area contributed by atoms with Crippen LogP contribution in [0.4, 0.5) is 21.9 Å². The van der Waals surface area contributed by atoms with E-state index in [1.807, 2.05) is 91.0 Å². The maximum absolute atomic E-state index is 13.4. The molecule has 0 unspecified atom stereocenters. The molecular weight excluding hydrogens is 873 g/mol. The molecule has 5 aromatic carbocycles. The molecule has 2 heterocycles. The van der Waals surface area contributed by atoms with Gasteiger partial charge in [-0.05, 0) is 109 Å². The maximum atomic E-state index is 13.4. The third kappa shape index (κ3) is 12.7. The highest BCUT2D eigenvalue weighted by Gasteiger charge is 2.40. The van der Waals surface area contributed by atoms with E-state index in [1.165, 1.54) is 6.07 Å². The highest BCUT2D eigenvalue weighted by atomic mass is 28.4. The van der Waals surface area contributed by atoms with Crippen LogP contribution in [0.15, 0.2) is 132 Å². The number of hydrogen-bond donors (Lipinski definition) is 5. The summed E-state index contributed by atoms with van der Waals surface area (Å²) in [5, 5.41) is 20.7. The van der Waals surface area contributed by atoms with E-state index >= 15 is 0 Å². The lowest BCUT2D eigenvalue weighted by Gasteiger charge is -2.39. The molecule has 13 nitrogen and oxygen atoms in total. The molecule has 6 aromatic rings. The zero-order chi connectivity index (χ0) is 48.4. The molecule has 1 aliphatic heterocycles. The molecule has 0 bridgehead atoms. The Kier molecular flexibility index (Phi) is 16.0. The van der Waals surface area contributed by atoms with Crippen molar-refractivity contribution in [3.63, 3.8) is 0 Å². The van der Waals surface area contributed by atoms with Crippen molar-refractivity contribution in [1.82, 2.24) is 15.2 Å². The van der Waals surface area contributed by atoms with Gasteiger partial charge < -0.3 is 39.7 Å².